The highest BCUT2D eigenvalue weighted by Crippen LogP contribution is 2.36. The molecular weight excluding hydrogens is 406 g/mol. The average Bonchev–Trinajstić information content (AvgIpc) is 3.11. The van der Waals surface area contributed by atoms with Gasteiger partial charge in [0.05, 0.1) is 12.3 Å². The number of hydrogen-bond donors (Lipinski definition) is 2. The molecule has 2 fully saturated rings. The number of rotatable bonds is 4. The van der Waals surface area contributed by atoms with Gasteiger partial charge in [0.2, 0.25) is 16.0 Å². The Hall–Kier alpha value is -2.04. The molecule has 2 aromatic heterocycles. The lowest BCUT2D eigenvalue weighted by Gasteiger charge is -2.30. The van der Waals surface area contributed by atoms with Crippen LogP contribution < -0.4 is 10.9 Å². The standard InChI is InChI=1S/C20H29N5O4S/c1-12-10-14-11-21-20(22-15-6-8-24(9-7-15)30(3,28)29)23-18(14)25(19(12)27)16-4-5-17(26)13(16)2/h10-11,13,15-17,26H,4-9H2,1-3H3,(H,21,22,23)/t13-,16+,17+/m1/s1/i1D3,3D3,6D2,7D2. The third-order valence-corrected chi connectivity index (χ3v) is 6.57. The van der Waals surface area contributed by atoms with Crippen molar-refractivity contribution >= 4 is 27.0 Å². The van der Waals surface area contributed by atoms with Gasteiger partial charge in [-0.15, -0.1) is 0 Å². The lowest BCUT2D eigenvalue weighted by molar-refractivity contribution is 0.129. The fourth-order valence-electron chi connectivity index (χ4n) is 3.90. The fraction of sp³-hybridized carbons (Fsp3) is 0.650. The molecule has 1 aliphatic heterocycles. The van der Waals surface area contributed by atoms with Crippen molar-refractivity contribution in [3.63, 3.8) is 0 Å². The number of hydrogen-bond acceptors (Lipinski definition) is 7. The predicted octanol–water partition coefficient (Wildman–Crippen LogP) is 1.27. The summed E-state index contributed by atoms with van der Waals surface area (Å²) in [4.78, 5) is 21.8. The van der Waals surface area contributed by atoms with Crippen LogP contribution in [0.25, 0.3) is 11.0 Å². The predicted molar refractivity (Wildman–Crippen MR) is 115 cm³/mol. The second-order valence-electron chi connectivity index (χ2n) is 7.54. The number of aliphatic hydroxyl groups is 1. The molecule has 1 saturated heterocycles. The average molecular weight is 446 g/mol. The summed E-state index contributed by atoms with van der Waals surface area (Å²) < 4.78 is 105. The second kappa shape index (κ2) is 7.90. The summed E-state index contributed by atoms with van der Waals surface area (Å²) in [6, 6.07) is -1.21. The van der Waals surface area contributed by atoms with Crippen LogP contribution in [0.2, 0.25) is 0 Å². The smallest absolute Gasteiger partial charge is 0.255 e. The zero-order chi connectivity index (χ0) is 30.2. The Morgan fingerprint density at radius 2 is 2.10 bits per heavy atom. The molecule has 0 unspecified atom stereocenters. The number of anilines is 1. The number of sulfonamides is 1. The molecule has 0 aromatic carbocycles. The van der Waals surface area contributed by atoms with Crippen LogP contribution in [0.4, 0.5) is 5.95 Å². The van der Waals surface area contributed by atoms with Crippen LogP contribution in [-0.2, 0) is 10.0 Å². The molecule has 4 rings (SSSR count). The maximum Gasteiger partial charge on any atom is 0.255 e. The highest BCUT2D eigenvalue weighted by atomic mass is 32.2. The Labute approximate surface area is 190 Å². The minimum atomic E-state index is -5.02. The van der Waals surface area contributed by atoms with Gasteiger partial charge in [-0.3, -0.25) is 9.36 Å². The summed E-state index contributed by atoms with van der Waals surface area (Å²) in [6.07, 6.45) is -7.59. The Morgan fingerprint density at radius 1 is 1.33 bits per heavy atom. The maximum atomic E-state index is 13.4. The molecule has 2 aromatic rings. The lowest BCUT2D eigenvalue weighted by Crippen LogP contribution is -2.42. The highest BCUT2D eigenvalue weighted by Gasteiger charge is 2.34. The fourth-order valence-corrected chi connectivity index (χ4v) is 4.39. The van der Waals surface area contributed by atoms with Crippen molar-refractivity contribution in [1.29, 1.82) is 0 Å². The first-order chi connectivity index (χ1) is 18.1. The van der Waals surface area contributed by atoms with Gasteiger partial charge in [0.25, 0.3) is 5.56 Å². The molecule has 2 aliphatic rings. The van der Waals surface area contributed by atoms with Gasteiger partial charge < -0.3 is 10.4 Å². The minimum absolute atomic E-state index is 0.00927. The molecule has 1 aliphatic carbocycles. The van der Waals surface area contributed by atoms with Crippen molar-refractivity contribution in [3.8, 4) is 0 Å². The topological polar surface area (TPSA) is 117 Å². The number of pyridine rings is 1. The van der Waals surface area contributed by atoms with E-state index in [2.05, 4.69) is 15.3 Å². The molecule has 0 bridgehead atoms. The van der Waals surface area contributed by atoms with Crippen molar-refractivity contribution in [2.75, 3.05) is 24.6 Å². The molecule has 9 nitrogen and oxygen atoms in total. The van der Waals surface area contributed by atoms with Gasteiger partial charge in [0, 0.05) is 61.9 Å². The van der Waals surface area contributed by atoms with Crippen molar-refractivity contribution in [2.45, 2.75) is 57.6 Å². The molecule has 0 spiro atoms. The van der Waals surface area contributed by atoms with Gasteiger partial charge in [-0.25, -0.2) is 17.7 Å². The first kappa shape index (κ1) is 12.1. The van der Waals surface area contributed by atoms with E-state index >= 15 is 0 Å². The number of nitrogens with one attached hydrogen (secondary N) is 1. The lowest BCUT2D eigenvalue weighted by atomic mass is 10.0. The largest absolute Gasteiger partial charge is 0.393 e. The third-order valence-electron chi connectivity index (χ3n) is 5.63. The molecule has 3 heterocycles. The zero-order valence-corrected chi connectivity index (χ0v) is 17.0. The summed E-state index contributed by atoms with van der Waals surface area (Å²) in [7, 11) is -5.02. The van der Waals surface area contributed by atoms with Gasteiger partial charge in [-0.1, -0.05) is 6.92 Å². The first-order valence-corrected chi connectivity index (χ1v) is 10.9. The van der Waals surface area contributed by atoms with Crippen LogP contribution in [0, 0.1) is 12.8 Å². The van der Waals surface area contributed by atoms with E-state index in [1.165, 1.54) is 10.8 Å². The minimum Gasteiger partial charge on any atom is -0.393 e. The van der Waals surface area contributed by atoms with Gasteiger partial charge >= 0.3 is 0 Å². The van der Waals surface area contributed by atoms with Gasteiger partial charge in [0.1, 0.15) is 5.65 Å². The van der Waals surface area contributed by atoms with Gasteiger partial charge in [-0.05, 0) is 38.5 Å². The third kappa shape index (κ3) is 3.95. The van der Waals surface area contributed by atoms with E-state index in [-0.39, 0.29) is 21.3 Å². The maximum absolute atomic E-state index is 13.4. The number of fused-ring (bicyclic) bond motifs is 1. The van der Waals surface area contributed by atoms with E-state index in [1.807, 2.05) is 0 Å². The second-order valence-corrected chi connectivity index (χ2v) is 9.00. The quantitative estimate of drug-likeness (QED) is 0.728. The molecule has 30 heavy (non-hydrogen) atoms. The van der Waals surface area contributed by atoms with E-state index < -0.39 is 84.1 Å². The van der Waals surface area contributed by atoms with Crippen molar-refractivity contribution < 1.29 is 27.2 Å². The van der Waals surface area contributed by atoms with E-state index in [0.29, 0.717) is 12.8 Å². The summed E-state index contributed by atoms with van der Waals surface area (Å²) in [6.45, 7) is -2.95. The van der Waals surface area contributed by atoms with Crippen LogP contribution in [-0.4, -0.2) is 63.8 Å². The van der Waals surface area contributed by atoms with E-state index in [4.69, 9.17) is 13.7 Å². The Morgan fingerprint density at radius 3 is 2.73 bits per heavy atom. The first-order valence-electron chi connectivity index (χ1n) is 14.4. The number of aromatic nitrogens is 3. The Balaban J connectivity index is 1.79. The molecule has 0 radical (unpaired) electrons. The number of piperidine rings is 1. The summed E-state index contributed by atoms with van der Waals surface area (Å²) in [5, 5.41) is 13.0. The molecule has 1 saturated carbocycles. The van der Waals surface area contributed by atoms with Crippen LogP contribution >= 0.6 is 0 Å². The molecule has 2 N–H and O–H groups in total. The van der Waals surface area contributed by atoms with E-state index in [0.717, 1.165) is 6.07 Å². The molecular formula is C20H29N5O4S. The Kier molecular flexibility index (Phi) is 3.19. The highest BCUT2D eigenvalue weighted by molar-refractivity contribution is 7.88. The Bertz CT molecular complexity index is 1460. The molecule has 3 atom stereocenters. The normalized spacial score (nSPS) is 35.5. The van der Waals surface area contributed by atoms with Crippen molar-refractivity contribution in [1.82, 2.24) is 18.8 Å². The van der Waals surface area contributed by atoms with Gasteiger partial charge in [-0.2, -0.15) is 4.98 Å². The summed E-state index contributed by atoms with van der Waals surface area (Å²) in [5.41, 5.74) is -1.31. The molecule has 164 valence electrons. The monoisotopic (exact) mass is 445 g/mol. The van der Waals surface area contributed by atoms with Crippen LogP contribution in [0.15, 0.2) is 17.1 Å². The van der Waals surface area contributed by atoms with Crippen molar-refractivity contribution in [2.24, 2.45) is 5.92 Å². The molecule has 10 heteroatoms. The van der Waals surface area contributed by atoms with E-state index in [9.17, 15) is 18.3 Å². The number of aliphatic hydroxyl groups excluding tert-OH is 1. The van der Waals surface area contributed by atoms with Crippen LogP contribution in [0.1, 0.15) is 57.8 Å². The van der Waals surface area contributed by atoms with E-state index in [1.54, 1.807) is 6.92 Å². The SMILES string of the molecule is [2H]C([2H])([2H])c1cc2cnc(NC3C([2H])([2H])CN(S(=O)(=O)C([2H])([2H])[2H])CC3([2H])[2H])nc2n([C@H]2CC[C@H](O)[C@@H]2C)c1=O. The number of aryl methyl sites for hydroxylation is 1. The molecule has 0 amide bonds. The summed E-state index contributed by atoms with van der Waals surface area (Å²) >= 11 is 0. The zero-order valence-electron chi connectivity index (χ0n) is 26.2. The van der Waals surface area contributed by atoms with Crippen LogP contribution in [0.3, 0.4) is 0 Å². The summed E-state index contributed by atoms with van der Waals surface area (Å²) in [5.74, 6) is -0.745. The number of nitrogens with zero attached hydrogens (tertiary/aromatic N) is 4. The van der Waals surface area contributed by atoms with Gasteiger partial charge in [0.15, 0.2) is 0 Å². The van der Waals surface area contributed by atoms with Crippen LogP contribution in [0.5, 0.6) is 0 Å². The van der Waals surface area contributed by atoms with Crippen molar-refractivity contribution in [3.05, 3.63) is 28.2 Å².